The summed E-state index contributed by atoms with van der Waals surface area (Å²) in [5, 5.41) is 0.488. The Balaban J connectivity index is 2.16. The van der Waals surface area contributed by atoms with Gasteiger partial charge in [-0.25, -0.2) is 0 Å². The summed E-state index contributed by atoms with van der Waals surface area (Å²) in [6, 6.07) is 5.56. The fourth-order valence-electron chi connectivity index (χ4n) is 2.09. The first-order chi connectivity index (χ1) is 8.59. The summed E-state index contributed by atoms with van der Waals surface area (Å²) in [6.45, 7) is 1.43. The molecule has 0 aliphatic carbocycles. The van der Waals surface area contributed by atoms with E-state index in [1.807, 2.05) is 13.1 Å². The molecular weight excluding hydrogens is 318 g/mol. The first-order valence-corrected chi connectivity index (χ1v) is 7.06. The third kappa shape index (κ3) is 3.05. The minimum atomic E-state index is -0.0341. The average molecular weight is 333 g/mol. The maximum atomic E-state index is 12.4. The fourth-order valence-corrected chi connectivity index (χ4v) is 2.65. The van der Waals surface area contributed by atoms with E-state index in [1.165, 1.54) is 0 Å². The van der Waals surface area contributed by atoms with Crippen molar-refractivity contribution in [3.8, 4) is 0 Å². The van der Waals surface area contributed by atoms with E-state index in [9.17, 15) is 4.79 Å². The number of rotatable bonds is 2. The van der Waals surface area contributed by atoms with Gasteiger partial charge in [0.15, 0.2) is 0 Å². The van der Waals surface area contributed by atoms with Crippen molar-refractivity contribution in [1.82, 2.24) is 4.90 Å². The zero-order valence-electron chi connectivity index (χ0n) is 10.2. The molecule has 98 valence electrons. The fraction of sp³-hybridized carbons (Fsp3) is 0.462. The Morgan fingerprint density at radius 2 is 2.11 bits per heavy atom. The molecule has 18 heavy (non-hydrogen) atoms. The normalized spacial score (nSPS) is 16.6. The number of hydrogen-bond donors (Lipinski definition) is 0. The van der Waals surface area contributed by atoms with E-state index < -0.39 is 0 Å². The summed E-state index contributed by atoms with van der Waals surface area (Å²) >= 11 is 9.44. The van der Waals surface area contributed by atoms with Crippen LogP contribution in [0.1, 0.15) is 23.2 Å². The molecule has 1 aliphatic rings. The van der Waals surface area contributed by atoms with Gasteiger partial charge in [-0.1, -0.05) is 27.5 Å². The maximum Gasteiger partial charge on any atom is 0.255 e. The number of nitrogens with zero attached hydrogens (tertiary/aromatic N) is 1. The molecule has 0 unspecified atom stereocenters. The van der Waals surface area contributed by atoms with Gasteiger partial charge in [0.1, 0.15) is 0 Å². The number of benzene rings is 1. The van der Waals surface area contributed by atoms with Gasteiger partial charge in [-0.2, -0.15) is 0 Å². The Kier molecular flexibility index (Phi) is 4.65. The first-order valence-electron chi connectivity index (χ1n) is 5.89. The summed E-state index contributed by atoms with van der Waals surface area (Å²) in [7, 11) is 1.83. The molecule has 1 aromatic rings. The van der Waals surface area contributed by atoms with Crippen molar-refractivity contribution in [2.45, 2.75) is 18.9 Å². The number of halogens is 2. The van der Waals surface area contributed by atoms with Crippen LogP contribution < -0.4 is 0 Å². The highest BCUT2D eigenvalue weighted by Gasteiger charge is 2.24. The van der Waals surface area contributed by atoms with E-state index in [2.05, 4.69) is 15.9 Å². The molecule has 1 heterocycles. The molecule has 0 spiro atoms. The second kappa shape index (κ2) is 6.04. The van der Waals surface area contributed by atoms with Gasteiger partial charge in [0.05, 0.1) is 10.6 Å². The molecule has 1 saturated heterocycles. The van der Waals surface area contributed by atoms with Crippen molar-refractivity contribution < 1.29 is 9.53 Å². The zero-order valence-corrected chi connectivity index (χ0v) is 12.5. The predicted octanol–water partition coefficient (Wildman–Crippen LogP) is 3.35. The van der Waals surface area contributed by atoms with Crippen LogP contribution in [0.15, 0.2) is 22.7 Å². The van der Waals surface area contributed by atoms with Crippen LogP contribution in [0, 0.1) is 0 Å². The quantitative estimate of drug-likeness (QED) is 0.831. The third-order valence-electron chi connectivity index (χ3n) is 3.22. The number of hydrogen-bond acceptors (Lipinski definition) is 2. The summed E-state index contributed by atoms with van der Waals surface area (Å²) in [6.07, 6.45) is 1.77. The van der Waals surface area contributed by atoms with Crippen LogP contribution in [0.5, 0.6) is 0 Å². The molecule has 1 fully saturated rings. The highest BCUT2D eigenvalue weighted by molar-refractivity contribution is 9.10. The van der Waals surface area contributed by atoms with E-state index in [1.54, 1.807) is 17.0 Å². The highest BCUT2D eigenvalue weighted by atomic mass is 79.9. The molecule has 0 atom stereocenters. The van der Waals surface area contributed by atoms with E-state index in [0.717, 1.165) is 17.3 Å². The number of carbonyl (C=O) groups is 1. The Hall–Kier alpha value is -0.580. The molecule has 1 amide bonds. The minimum Gasteiger partial charge on any atom is -0.381 e. The van der Waals surface area contributed by atoms with Gasteiger partial charge >= 0.3 is 0 Å². The molecule has 0 bridgehead atoms. The Morgan fingerprint density at radius 1 is 1.44 bits per heavy atom. The van der Waals surface area contributed by atoms with Crippen LogP contribution in [0.4, 0.5) is 0 Å². The number of ether oxygens (including phenoxy) is 1. The molecular formula is C13H15BrClNO2. The van der Waals surface area contributed by atoms with Gasteiger partial charge < -0.3 is 9.64 Å². The van der Waals surface area contributed by atoms with Gasteiger partial charge in [-0.05, 0) is 31.0 Å². The summed E-state index contributed by atoms with van der Waals surface area (Å²) < 4.78 is 6.16. The van der Waals surface area contributed by atoms with Crippen LogP contribution in [-0.4, -0.2) is 37.1 Å². The van der Waals surface area contributed by atoms with Crippen molar-refractivity contribution in [1.29, 1.82) is 0 Å². The van der Waals surface area contributed by atoms with E-state index >= 15 is 0 Å². The van der Waals surface area contributed by atoms with Crippen molar-refractivity contribution >= 4 is 33.4 Å². The van der Waals surface area contributed by atoms with Gasteiger partial charge in [0.25, 0.3) is 5.91 Å². The lowest BCUT2D eigenvalue weighted by atomic mass is 10.1. The van der Waals surface area contributed by atoms with Crippen LogP contribution >= 0.6 is 27.5 Å². The monoisotopic (exact) mass is 331 g/mol. The first kappa shape index (κ1) is 13.8. The lowest BCUT2D eigenvalue weighted by molar-refractivity contribution is 0.0362. The molecule has 2 rings (SSSR count). The number of carbonyl (C=O) groups excluding carboxylic acids is 1. The lowest BCUT2D eigenvalue weighted by Gasteiger charge is -2.31. The van der Waals surface area contributed by atoms with E-state index in [0.29, 0.717) is 23.8 Å². The van der Waals surface area contributed by atoms with Gasteiger partial charge in [-0.15, -0.1) is 0 Å². The second-order valence-electron chi connectivity index (χ2n) is 4.38. The standard InChI is InChI=1S/C13H15BrClNO2/c1-16(10-4-6-18-7-5-10)13(17)11-8-9(14)2-3-12(11)15/h2-3,8,10H,4-7H2,1H3. The molecule has 0 radical (unpaired) electrons. The van der Waals surface area contributed by atoms with Crippen molar-refractivity contribution in [2.24, 2.45) is 0 Å². The Labute approximate surface area is 120 Å². The zero-order chi connectivity index (χ0) is 13.1. The van der Waals surface area contributed by atoms with Crippen LogP contribution in [0.3, 0.4) is 0 Å². The van der Waals surface area contributed by atoms with Crippen molar-refractivity contribution in [2.75, 3.05) is 20.3 Å². The highest BCUT2D eigenvalue weighted by Crippen LogP contribution is 2.24. The third-order valence-corrected chi connectivity index (χ3v) is 4.04. The average Bonchev–Trinajstić information content (AvgIpc) is 2.41. The molecule has 1 aromatic carbocycles. The van der Waals surface area contributed by atoms with E-state index in [4.69, 9.17) is 16.3 Å². The largest absolute Gasteiger partial charge is 0.381 e. The Morgan fingerprint density at radius 3 is 2.78 bits per heavy atom. The summed E-state index contributed by atoms with van der Waals surface area (Å²) in [4.78, 5) is 14.2. The van der Waals surface area contributed by atoms with Gasteiger partial charge in [-0.3, -0.25) is 4.79 Å². The number of amides is 1. The lowest BCUT2D eigenvalue weighted by Crippen LogP contribution is -2.40. The molecule has 0 saturated carbocycles. The van der Waals surface area contributed by atoms with Gasteiger partial charge in [0, 0.05) is 30.8 Å². The molecule has 3 nitrogen and oxygen atoms in total. The molecule has 1 aliphatic heterocycles. The SMILES string of the molecule is CN(C(=O)c1cc(Br)ccc1Cl)C1CCOCC1. The summed E-state index contributed by atoms with van der Waals surface area (Å²) in [5.74, 6) is -0.0341. The minimum absolute atomic E-state index is 0.0341. The molecule has 0 aromatic heterocycles. The van der Waals surface area contributed by atoms with Crippen LogP contribution in [-0.2, 0) is 4.74 Å². The van der Waals surface area contributed by atoms with Crippen molar-refractivity contribution in [3.05, 3.63) is 33.3 Å². The smallest absolute Gasteiger partial charge is 0.255 e. The second-order valence-corrected chi connectivity index (χ2v) is 5.71. The molecule has 5 heteroatoms. The van der Waals surface area contributed by atoms with Crippen molar-refractivity contribution in [3.63, 3.8) is 0 Å². The van der Waals surface area contributed by atoms with Gasteiger partial charge in [0.2, 0.25) is 0 Å². The predicted molar refractivity (Wildman–Crippen MR) is 75.1 cm³/mol. The molecule has 0 N–H and O–H groups in total. The van der Waals surface area contributed by atoms with E-state index in [-0.39, 0.29) is 11.9 Å². The summed E-state index contributed by atoms with van der Waals surface area (Å²) in [5.41, 5.74) is 0.542. The Bertz CT molecular complexity index is 447. The topological polar surface area (TPSA) is 29.5 Å². The van der Waals surface area contributed by atoms with Crippen LogP contribution in [0.2, 0.25) is 5.02 Å². The maximum absolute atomic E-state index is 12.4. The van der Waals surface area contributed by atoms with Crippen LogP contribution in [0.25, 0.3) is 0 Å².